The SMILES string of the molecule is CCC(C)C(NC(=O)NCC(=O)N(C)CC)C(=O)O. The number of hydrogen-bond acceptors (Lipinski definition) is 3. The number of rotatable bonds is 7. The van der Waals surface area contributed by atoms with Gasteiger partial charge in [-0.15, -0.1) is 0 Å². The Kier molecular flexibility index (Phi) is 7.55. The number of amides is 3. The van der Waals surface area contributed by atoms with Crippen molar-refractivity contribution in [2.45, 2.75) is 33.2 Å². The molecule has 0 fully saturated rings. The third-order valence-electron chi connectivity index (χ3n) is 3.07. The molecule has 3 amide bonds. The van der Waals surface area contributed by atoms with Gasteiger partial charge in [-0.2, -0.15) is 0 Å². The molecule has 19 heavy (non-hydrogen) atoms. The fourth-order valence-electron chi connectivity index (χ4n) is 1.34. The molecule has 110 valence electrons. The van der Waals surface area contributed by atoms with Crippen molar-refractivity contribution in [3.05, 3.63) is 0 Å². The molecule has 0 spiro atoms. The molecule has 0 aliphatic rings. The van der Waals surface area contributed by atoms with Crippen molar-refractivity contribution in [2.75, 3.05) is 20.1 Å². The van der Waals surface area contributed by atoms with Crippen molar-refractivity contribution in [1.82, 2.24) is 15.5 Å². The lowest BCUT2D eigenvalue weighted by Crippen LogP contribution is -2.50. The summed E-state index contributed by atoms with van der Waals surface area (Å²) in [4.78, 5) is 35.5. The Balaban J connectivity index is 4.28. The molecule has 0 radical (unpaired) electrons. The quantitative estimate of drug-likeness (QED) is 0.619. The average Bonchev–Trinajstić information content (AvgIpc) is 2.39. The Morgan fingerprint density at radius 2 is 1.84 bits per heavy atom. The molecule has 2 atom stereocenters. The zero-order chi connectivity index (χ0) is 15.0. The zero-order valence-electron chi connectivity index (χ0n) is 11.9. The van der Waals surface area contributed by atoms with E-state index < -0.39 is 18.0 Å². The summed E-state index contributed by atoms with van der Waals surface area (Å²) in [6.07, 6.45) is 0.634. The lowest BCUT2D eigenvalue weighted by atomic mass is 9.99. The smallest absolute Gasteiger partial charge is 0.326 e. The van der Waals surface area contributed by atoms with Crippen LogP contribution in [0.1, 0.15) is 27.2 Å². The summed E-state index contributed by atoms with van der Waals surface area (Å²) < 4.78 is 0. The molecule has 0 bridgehead atoms. The number of carbonyl (C=O) groups excluding carboxylic acids is 2. The highest BCUT2D eigenvalue weighted by molar-refractivity contribution is 5.86. The first-order valence-corrected chi connectivity index (χ1v) is 6.34. The zero-order valence-corrected chi connectivity index (χ0v) is 11.9. The maximum absolute atomic E-state index is 11.5. The van der Waals surface area contributed by atoms with Crippen molar-refractivity contribution >= 4 is 17.9 Å². The van der Waals surface area contributed by atoms with Gasteiger partial charge in [0.2, 0.25) is 5.91 Å². The van der Waals surface area contributed by atoms with Crippen LogP contribution in [0, 0.1) is 5.92 Å². The maximum atomic E-state index is 11.5. The second kappa shape index (κ2) is 8.34. The van der Waals surface area contributed by atoms with Gasteiger partial charge in [0.05, 0.1) is 6.54 Å². The van der Waals surface area contributed by atoms with Gasteiger partial charge in [0, 0.05) is 13.6 Å². The van der Waals surface area contributed by atoms with Crippen LogP contribution >= 0.6 is 0 Å². The van der Waals surface area contributed by atoms with Crippen LogP contribution in [-0.4, -0.2) is 54.1 Å². The summed E-state index contributed by atoms with van der Waals surface area (Å²) in [5, 5.41) is 13.7. The van der Waals surface area contributed by atoms with Crippen molar-refractivity contribution < 1.29 is 19.5 Å². The highest BCUT2D eigenvalue weighted by Crippen LogP contribution is 2.07. The number of nitrogens with one attached hydrogen (secondary N) is 2. The van der Waals surface area contributed by atoms with Crippen LogP contribution in [0.25, 0.3) is 0 Å². The first kappa shape index (κ1) is 17.2. The summed E-state index contributed by atoms with van der Waals surface area (Å²) in [5.41, 5.74) is 0. The van der Waals surface area contributed by atoms with E-state index in [0.29, 0.717) is 13.0 Å². The van der Waals surface area contributed by atoms with Crippen molar-refractivity contribution in [3.63, 3.8) is 0 Å². The Hall–Kier alpha value is -1.79. The standard InChI is InChI=1S/C12H23N3O4/c1-5-8(3)10(11(17)18)14-12(19)13-7-9(16)15(4)6-2/h8,10H,5-7H2,1-4H3,(H,17,18)(H2,13,14,19). The number of urea groups is 1. The third kappa shape index (κ3) is 6.08. The van der Waals surface area contributed by atoms with Gasteiger partial charge in [0.1, 0.15) is 6.04 Å². The molecular weight excluding hydrogens is 250 g/mol. The Labute approximate surface area is 113 Å². The summed E-state index contributed by atoms with van der Waals surface area (Å²) in [6.45, 7) is 5.81. The molecule has 0 saturated heterocycles. The van der Waals surface area contributed by atoms with E-state index in [1.807, 2.05) is 13.8 Å². The van der Waals surface area contributed by atoms with E-state index in [2.05, 4.69) is 10.6 Å². The van der Waals surface area contributed by atoms with E-state index >= 15 is 0 Å². The van der Waals surface area contributed by atoms with E-state index in [0.717, 1.165) is 0 Å². The lowest BCUT2D eigenvalue weighted by Gasteiger charge is -2.21. The second-order valence-corrected chi connectivity index (χ2v) is 4.44. The largest absolute Gasteiger partial charge is 0.480 e. The number of carboxylic acids is 1. The van der Waals surface area contributed by atoms with Crippen molar-refractivity contribution in [1.29, 1.82) is 0 Å². The summed E-state index contributed by atoms with van der Waals surface area (Å²) in [6, 6.07) is -1.60. The van der Waals surface area contributed by atoms with Crippen molar-refractivity contribution in [2.24, 2.45) is 5.92 Å². The van der Waals surface area contributed by atoms with Gasteiger partial charge >= 0.3 is 12.0 Å². The number of carbonyl (C=O) groups is 3. The molecule has 0 aromatic heterocycles. The van der Waals surface area contributed by atoms with E-state index in [9.17, 15) is 14.4 Å². The molecule has 0 rings (SSSR count). The Morgan fingerprint density at radius 1 is 1.26 bits per heavy atom. The number of aliphatic carboxylic acids is 1. The molecule has 7 nitrogen and oxygen atoms in total. The molecule has 2 unspecified atom stereocenters. The van der Waals surface area contributed by atoms with Crippen LogP contribution in [0.15, 0.2) is 0 Å². The number of hydrogen-bond donors (Lipinski definition) is 3. The lowest BCUT2D eigenvalue weighted by molar-refractivity contribution is -0.140. The first-order chi connectivity index (χ1) is 8.83. The monoisotopic (exact) mass is 273 g/mol. The normalized spacial score (nSPS) is 13.3. The molecule has 3 N–H and O–H groups in total. The molecule has 0 aromatic carbocycles. The molecule has 0 saturated carbocycles. The molecule has 0 heterocycles. The number of likely N-dealkylation sites (N-methyl/N-ethyl adjacent to an activating group) is 1. The van der Waals surface area contributed by atoms with Crippen LogP contribution in [-0.2, 0) is 9.59 Å². The Morgan fingerprint density at radius 3 is 2.26 bits per heavy atom. The van der Waals surface area contributed by atoms with Crippen LogP contribution in [0.5, 0.6) is 0 Å². The minimum Gasteiger partial charge on any atom is -0.480 e. The van der Waals surface area contributed by atoms with Gasteiger partial charge in [-0.25, -0.2) is 9.59 Å². The van der Waals surface area contributed by atoms with Gasteiger partial charge in [0.15, 0.2) is 0 Å². The van der Waals surface area contributed by atoms with Gasteiger partial charge in [-0.1, -0.05) is 20.3 Å². The van der Waals surface area contributed by atoms with Gasteiger partial charge in [-0.05, 0) is 12.8 Å². The second-order valence-electron chi connectivity index (χ2n) is 4.44. The van der Waals surface area contributed by atoms with E-state index in [1.54, 1.807) is 14.0 Å². The molecule has 7 heteroatoms. The number of carboxylic acid groups (broad SMARTS) is 1. The summed E-state index contributed by atoms with van der Waals surface area (Å²) in [5.74, 6) is -1.49. The Bertz CT molecular complexity index is 333. The van der Waals surface area contributed by atoms with Gasteiger partial charge in [0.25, 0.3) is 0 Å². The van der Waals surface area contributed by atoms with Gasteiger partial charge in [-0.3, -0.25) is 4.79 Å². The maximum Gasteiger partial charge on any atom is 0.326 e. The molecular formula is C12H23N3O4. The van der Waals surface area contributed by atoms with Crippen LogP contribution in [0.3, 0.4) is 0 Å². The minimum atomic E-state index is -1.08. The predicted octanol–water partition coefficient (Wildman–Crippen LogP) is 0.263. The molecule has 0 aromatic rings. The van der Waals surface area contributed by atoms with Gasteiger partial charge < -0.3 is 20.6 Å². The highest BCUT2D eigenvalue weighted by atomic mass is 16.4. The van der Waals surface area contributed by atoms with E-state index in [4.69, 9.17) is 5.11 Å². The van der Waals surface area contributed by atoms with Crippen LogP contribution in [0.2, 0.25) is 0 Å². The molecule has 0 aliphatic heterocycles. The van der Waals surface area contributed by atoms with Crippen LogP contribution < -0.4 is 10.6 Å². The fourth-order valence-corrected chi connectivity index (χ4v) is 1.34. The molecule has 0 aliphatic carbocycles. The number of nitrogens with zero attached hydrogens (tertiary/aromatic N) is 1. The summed E-state index contributed by atoms with van der Waals surface area (Å²) in [7, 11) is 1.63. The first-order valence-electron chi connectivity index (χ1n) is 6.34. The topological polar surface area (TPSA) is 98.7 Å². The summed E-state index contributed by atoms with van der Waals surface area (Å²) >= 11 is 0. The van der Waals surface area contributed by atoms with E-state index in [1.165, 1.54) is 4.90 Å². The minimum absolute atomic E-state index is 0.150. The third-order valence-corrected chi connectivity index (χ3v) is 3.07. The predicted molar refractivity (Wildman–Crippen MR) is 70.7 cm³/mol. The van der Waals surface area contributed by atoms with Crippen LogP contribution in [0.4, 0.5) is 4.79 Å². The van der Waals surface area contributed by atoms with E-state index in [-0.39, 0.29) is 18.4 Å². The highest BCUT2D eigenvalue weighted by Gasteiger charge is 2.25. The average molecular weight is 273 g/mol. The fraction of sp³-hybridized carbons (Fsp3) is 0.750. The van der Waals surface area contributed by atoms with Crippen molar-refractivity contribution in [3.8, 4) is 0 Å².